The molecular weight excluding hydrogens is 886 g/mol. The van der Waals surface area contributed by atoms with Crippen LogP contribution in [0, 0.1) is 0 Å². The largest absolute Gasteiger partial charge is 1.00 e. The van der Waals surface area contributed by atoms with Crippen molar-refractivity contribution in [3.63, 3.8) is 0 Å². The van der Waals surface area contributed by atoms with E-state index < -0.39 is 104 Å². The Morgan fingerprint density at radius 3 is 1.83 bits per heavy atom. The predicted octanol–water partition coefficient (Wildman–Crippen LogP) is -17.4. The van der Waals surface area contributed by atoms with Crippen molar-refractivity contribution in [2.45, 2.75) is 49.4 Å². The number of anilines is 1. The average molecular weight is 910 g/mol. The molecule has 0 bridgehead atoms. The second-order valence-electron chi connectivity index (χ2n) is 9.66. The number of phosphoric acid groups is 4. The third kappa shape index (κ3) is 16.2. The molecule has 4 heterocycles. The fourth-order valence-electron chi connectivity index (χ4n) is 4.18. The van der Waals surface area contributed by atoms with Gasteiger partial charge < -0.3 is 59.1 Å². The van der Waals surface area contributed by atoms with Gasteiger partial charge in [-0.3, -0.25) is 37.2 Å². The number of nitrogen functional groups attached to an aromatic ring is 1. The van der Waals surface area contributed by atoms with E-state index in [-0.39, 0.29) is 196 Å². The van der Waals surface area contributed by atoms with Crippen LogP contribution in [0.15, 0.2) is 38.9 Å². The van der Waals surface area contributed by atoms with Gasteiger partial charge in [-0.2, -0.15) is 4.98 Å². The number of aliphatic hydroxyl groups excluding tert-OH is 3. The van der Waals surface area contributed by atoms with Crippen molar-refractivity contribution in [1.29, 1.82) is 0 Å². The van der Waals surface area contributed by atoms with Gasteiger partial charge >= 0.3 is 195 Å². The number of phosphoric ester groups is 2. The van der Waals surface area contributed by atoms with E-state index in [2.05, 4.69) is 27.0 Å². The zero-order chi connectivity index (χ0) is 35.8. The van der Waals surface area contributed by atoms with Crippen LogP contribution in [-0.2, 0) is 49.7 Å². The van der Waals surface area contributed by atoms with Gasteiger partial charge in [0.1, 0.15) is 36.5 Å². The molecule has 11 atom stereocenters. The number of nitrogens with one attached hydrogen (secondary N) is 1. The van der Waals surface area contributed by atoms with Gasteiger partial charge in [-0.05, 0) is 6.07 Å². The normalized spacial score (nSPS) is 28.6. The summed E-state index contributed by atoms with van der Waals surface area (Å²) < 4.78 is 79.0. The maximum absolute atomic E-state index is 12.0. The van der Waals surface area contributed by atoms with Crippen LogP contribution < -0.4 is 226 Å². The van der Waals surface area contributed by atoms with Crippen LogP contribution in [0.1, 0.15) is 18.9 Å². The van der Waals surface area contributed by atoms with Crippen molar-refractivity contribution in [1.82, 2.24) is 19.1 Å². The third-order valence-corrected chi connectivity index (χ3v) is 12.0. The molecule has 0 aliphatic carbocycles. The number of H-pyrrole nitrogens is 1. The summed E-state index contributed by atoms with van der Waals surface area (Å²) in [5, 5.41) is 30.4. The van der Waals surface area contributed by atoms with Crippen LogP contribution in [0.2, 0.25) is 0 Å². The first-order valence-corrected chi connectivity index (χ1v) is 18.6. The van der Waals surface area contributed by atoms with E-state index in [0.717, 1.165) is 16.8 Å². The van der Waals surface area contributed by atoms with Crippen LogP contribution >= 0.6 is 31.3 Å². The Morgan fingerprint density at radius 1 is 0.808 bits per heavy atom. The first-order chi connectivity index (χ1) is 22.1. The molecule has 2 aliphatic heterocycles. The molecule has 2 saturated heterocycles. The molecule has 0 amide bonds. The van der Waals surface area contributed by atoms with Crippen molar-refractivity contribution >= 4 is 37.1 Å². The molecule has 2 aliphatic rings. The number of ether oxygens (including phenoxy) is 2. The van der Waals surface area contributed by atoms with E-state index in [1.54, 1.807) is 0 Å². The SMILES string of the molecule is Nc1ccn([C@H]2C[C@@H](O)[C@@H](COP(=O)([O-])OP(=O)([O-])OP(=O)([O-])OP(=O)([O-])OC[C@H]3O[C@@H](n4ccc(=O)[nH]c4=O)[C@H](O)[C@@H]3O)O2)c(=O)n1.[K+].[K+].[K+].[Na+]. The van der Waals surface area contributed by atoms with E-state index in [4.69, 9.17) is 15.2 Å². The topological polar surface area (TPSA) is 402 Å². The molecule has 0 radical (unpaired) electrons. The Hall–Kier alpha value is 3.63. The Labute approximate surface area is 440 Å². The molecule has 0 spiro atoms. The maximum atomic E-state index is 12.0. The molecule has 2 fully saturated rings. The van der Waals surface area contributed by atoms with E-state index in [9.17, 15) is 67.5 Å². The minimum atomic E-state index is -6.59. The number of hydrogen-bond acceptors (Lipinski definition) is 23. The monoisotopic (exact) mass is 909 g/mol. The summed E-state index contributed by atoms with van der Waals surface area (Å²) in [5.41, 5.74) is 2.58. The molecule has 0 saturated carbocycles. The van der Waals surface area contributed by atoms with Crippen molar-refractivity contribution < 1.29 is 268 Å². The third-order valence-electron chi connectivity index (χ3n) is 6.22. The number of aromatic amines is 1. The van der Waals surface area contributed by atoms with E-state index in [0.29, 0.717) is 4.57 Å². The quantitative estimate of drug-likeness (QED) is 0.0868. The molecule has 34 heteroatoms. The summed E-state index contributed by atoms with van der Waals surface area (Å²) >= 11 is 0. The molecule has 2 aromatic rings. The fraction of sp³-hybridized carbons (Fsp3) is 0.556. The average Bonchev–Trinajstić information content (AvgIpc) is 3.42. The van der Waals surface area contributed by atoms with E-state index in [1.807, 2.05) is 4.98 Å². The minimum absolute atomic E-state index is 0. The molecule has 6 N–H and O–H groups in total. The molecule has 270 valence electrons. The van der Waals surface area contributed by atoms with Crippen LogP contribution in [0.3, 0.4) is 0 Å². The molecule has 52 heavy (non-hydrogen) atoms. The zero-order valence-electron chi connectivity index (χ0n) is 27.4. The van der Waals surface area contributed by atoms with E-state index >= 15 is 0 Å². The maximum Gasteiger partial charge on any atom is 1.00 e. The fourth-order valence-corrected chi connectivity index (χ4v) is 8.93. The molecule has 0 aromatic carbocycles. The van der Waals surface area contributed by atoms with E-state index in [1.165, 1.54) is 12.3 Å². The van der Waals surface area contributed by atoms with Crippen molar-refractivity contribution in [2.75, 3.05) is 18.9 Å². The number of hydrogen-bond donors (Lipinski definition) is 5. The number of aromatic nitrogens is 4. The Kier molecular flexibility index (Phi) is 24.6. The summed E-state index contributed by atoms with van der Waals surface area (Å²) in [5.74, 6) is -0.125. The summed E-state index contributed by atoms with van der Waals surface area (Å²) in [6.07, 6.45) is -9.78. The number of nitrogens with zero attached hydrogens (tertiary/aromatic N) is 3. The Morgan fingerprint density at radius 2 is 1.31 bits per heavy atom. The van der Waals surface area contributed by atoms with Gasteiger partial charge in [0, 0.05) is 24.9 Å². The van der Waals surface area contributed by atoms with Crippen molar-refractivity contribution in [2.24, 2.45) is 0 Å². The number of rotatable bonds is 14. The predicted molar refractivity (Wildman–Crippen MR) is 140 cm³/mol. The number of nitrogens with two attached hydrogens (primary N) is 1. The van der Waals surface area contributed by atoms with Crippen LogP contribution in [0.5, 0.6) is 0 Å². The van der Waals surface area contributed by atoms with Gasteiger partial charge in [0.25, 0.3) is 36.9 Å². The standard InChI is InChI=1S/C18H27N5O21P4.3K.Na/c19-11-1-3-22(17(28)20-11)13-5-8(24)9(40-13)6-38-45(30,31)42-47(34,35)44-48(36,37)43-46(32,33)39-7-10-14(26)15(27)16(41-10)23-4-2-12(25)21-18(23)29;;;;/h1-4,8-10,13-16,24,26-27H,5-7H2,(H,30,31)(H,32,33)(H,34,35)(H,36,37)(H2,19,20,28)(H,21,25,29);;;;/q;4*+1/p-4/t8-,9-,10-,13-,14-,15-,16-;;;;/m1..../s1. The smallest absolute Gasteiger partial charge is 0.756 e. The van der Waals surface area contributed by atoms with Gasteiger partial charge in [0.05, 0.1) is 19.3 Å². The second-order valence-corrected chi connectivity index (χ2v) is 15.7. The first-order valence-electron chi connectivity index (χ1n) is 12.8. The van der Waals surface area contributed by atoms with Gasteiger partial charge in [0.15, 0.2) is 6.23 Å². The molecule has 26 nitrogen and oxygen atoms in total. The molecular formula is C18H23K3N5NaO21P4. The Bertz CT molecular complexity index is 1890. The molecule has 4 rings (SSSR count). The van der Waals surface area contributed by atoms with Gasteiger partial charge in [-0.25, -0.2) is 22.5 Å². The summed E-state index contributed by atoms with van der Waals surface area (Å²) in [7, 11) is -25.4. The number of aliphatic hydroxyl groups is 3. The van der Waals surface area contributed by atoms with Crippen molar-refractivity contribution in [3.05, 3.63) is 55.8 Å². The van der Waals surface area contributed by atoms with Gasteiger partial charge in [-0.1, -0.05) is 0 Å². The molecule has 2 aromatic heterocycles. The second kappa shape index (κ2) is 23.0. The minimum Gasteiger partial charge on any atom is -0.756 e. The van der Waals surface area contributed by atoms with Gasteiger partial charge in [0.2, 0.25) is 0 Å². The summed E-state index contributed by atoms with van der Waals surface area (Å²) in [6.45, 7) is -2.44. The Balaban J connectivity index is 0.00000650. The molecule has 4 unspecified atom stereocenters. The van der Waals surface area contributed by atoms with Crippen molar-refractivity contribution in [3.8, 4) is 0 Å². The summed E-state index contributed by atoms with van der Waals surface area (Å²) in [4.78, 5) is 88.4. The summed E-state index contributed by atoms with van der Waals surface area (Å²) in [6, 6.07) is 2.07. The zero-order valence-corrected chi connectivity index (χ0v) is 42.3. The van der Waals surface area contributed by atoms with Gasteiger partial charge in [-0.15, -0.1) is 0 Å². The van der Waals surface area contributed by atoms with Crippen LogP contribution in [-0.4, -0.2) is 78.2 Å². The van der Waals surface area contributed by atoms with Crippen LogP contribution in [0.4, 0.5) is 5.82 Å². The first kappa shape index (κ1) is 55.6. The van der Waals surface area contributed by atoms with Crippen LogP contribution in [0.25, 0.3) is 0 Å².